The molecule has 0 saturated carbocycles. The first kappa shape index (κ1) is 57.3. The molecule has 1 aliphatic rings. The molecule has 0 spiro atoms. The van der Waals surface area contributed by atoms with E-state index in [-0.39, 0.29) is 101 Å². The number of methoxy groups -OCH3 is 4. The van der Waals surface area contributed by atoms with Gasteiger partial charge in [0.15, 0.2) is 11.5 Å². The summed E-state index contributed by atoms with van der Waals surface area (Å²) < 4.78 is 34.2. The molecule has 0 amide bonds. The SMILES string of the molecule is COC1=C(OC)C(=O)C(COC(=O)Cc2c(C)n(C(=O)c3ccc(Cl)cc3)c3cc(CO)ccc23)=C(C)C1=O.COc1c(O)c(C)c(COC(=O)Cc2c(C)n(C(=O)c3ccc(Cl)cc3)c3cc(CO)ccc23)c(O)c1OC. The lowest BCUT2D eigenvalue weighted by atomic mass is 9.93. The number of esters is 2. The van der Waals surface area contributed by atoms with Crippen molar-refractivity contribution in [3.8, 4) is 23.0 Å². The Morgan fingerprint density at radius 3 is 1.35 bits per heavy atom. The molecule has 7 aromatic rings. The molecule has 0 unspecified atom stereocenters. The Bertz CT molecular complexity index is 3620. The zero-order chi connectivity index (χ0) is 56.9. The van der Waals surface area contributed by atoms with Crippen molar-refractivity contribution in [1.82, 2.24) is 9.13 Å². The van der Waals surface area contributed by atoms with Gasteiger partial charge in [-0.25, -0.2) is 0 Å². The van der Waals surface area contributed by atoms with Gasteiger partial charge in [0.05, 0.1) is 65.5 Å². The van der Waals surface area contributed by atoms with Crippen molar-refractivity contribution in [1.29, 1.82) is 0 Å². The van der Waals surface area contributed by atoms with E-state index in [1.54, 1.807) is 106 Å². The second kappa shape index (κ2) is 24.3. The predicted molar refractivity (Wildman–Crippen MR) is 287 cm³/mol. The number of nitrogens with zero attached hydrogens (tertiary/aromatic N) is 2. The highest BCUT2D eigenvalue weighted by Gasteiger charge is 2.36. The van der Waals surface area contributed by atoms with Crippen molar-refractivity contribution in [3.63, 3.8) is 0 Å². The van der Waals surface area contributed by atoms with Crippen LogP contribution in [0.15, 0.2) is 108 Å². The Kier molecular flexibility index (Phi) is 17.8. The number of benzene rings is 5. The number of fused-ring (bicyclic) bond motifs is 2. The third kappa shape index (κ3) is 11.2. The number of allylic oxidation sites excluding steroid dienone is 2. The number of carbonyl (C=O) groups is 6. The summed E-state index contributed by atoms with van der Waals surface area (Å²) in [5.74, 6) is -4.16. The number of aliphatic hydroxyl groups excluding tert-OH is 2. The first-order valence-electron chi connectivity index (χ1n) is 23.9. The van der Waals surface area contributed by atoms with Crippen LogP contribution in [0.1, 0.15) is 72.4 Å². The molecule has 0 fully saturated rings. The topological polar surface area (TPSA) is 249 Å². The summed E-state index contributed by atoms with van der Waals surface area (Å²) in [6.45, 7) is 5.25. The number of phenols is 2. The van der Waals surface area contributed by atoms with Gasteiger partial charge in [-0.2, -0.15) is 0 Å². The first-order valence-corrected chi connectivity index (χ1v) is 24.7. The van der Waals surface area contributed by atoms with Gasteiger partial charge in [0.1, 0.15) is 13.2 Å². The van der Waals surface area contributed by atoms with Crippen LogP contribution < -0.4 is 9.47 Å². The maximum absolute atomic E-state index is 13.5. The van der Waals surface area contributed by atoms with Gasteiger partial charge in [0, 0.05) is 65.6 Å². The van der Waals surface area contributed by atoms with Crippen LogP contribution in [-0.2, 0) is 70.8 Å². The van der Waals surface area contributed by atoms with Crippen molar-refractivity contribution in [2.45, 2.75) is 60.4 Å². The van der Waals surface area contributed by atoms with Crippen LogP contribution in [0.25, 0.3) is 21.8 Å². The fourth-order valence-electron chi connectivity index (χ4n) is 9.13. The summed E-state index contributed by atoms with van der Waals surface area (Å²) in [4.78, 5) is 78.4. The van der Waals surface area contributed by atoms with Crippen molar-refractivity contribution in [2.75, 3.05) is 35.0 Å². The molecule has 2 aromatic heterocycles. The average molecular weight is 1110 g/mol. The summed E-state index contributed by atoms with van der Waals surface area (Å²) in [6.07, 6.45) is -0.368. The minimum absolute atomic E-state index is 0.00402. The van der Waals surface area contributed by atoms with Crippen LogP contribution in [0.2, 0.25) is 10.0 Å². The fraction of sp³-hybridized carbons (Fsp3) is 0.241. The lowest BCUT2D eigenvalue weighted by molar-refractivity contribution is -0.144. The third-order valence-corrected chi connectivity index (χ3v) is 13.9. The number of rotatable bonds is 16. The van der Waals surface area contributed by atoms with Crippen molar-refractivity contribution >= 4 is 80.3 Å². The van der Waals surface area contributed by atoms with Crippen LogP contribution in [0.3, 0.4) is 0 Å². The van der Waals surface area contributed by atoms with E-state index in [9.17, 15) is 49.2 Å². The van der Waals surface area contributed by atoms with Crippen molar-refractivity contribution < 1.29 is 77.6 Å². The maximum atomic E-state index is 13.5. The van der Waals surface area contributed by atoms with E-state index in [0.717, 1.165) is 0 Å². The molecule has 5 aromatic carbocycles. The number of phenolic OH excluding ortho intramolecular Hbond substituents is 2. The quantitative estimate of drug-likeness (QED) is 0.0401. The Balaban J connectivity index is 0.000000226. The molecule has 8 rings (SSSR count). The van der Waals surface area contributed by atoms with Gasteiger partial charge in [0.25, 0.3) is 11.8 Å². The molecule has 18 nitrogen and oxygen atoms in total. The second-order valence-electron chi connectivity index (χ2n) is 17.8. The Labute approximate surface area is 457 Å². The number of hydrogen-bond donors (Lipinski definition) is 4. The number of aromatic nitrogens is 2. The number of hydrogen-bond acceptors (Lipinski definition) is 16. The number of carbonyl (C=O) groups excluding carboxylic acids is 6. The van der Waals surface area contributed by atoms with Gasteiger partial charge >= 0.3 is 11.9 Å². The second-order valence-corrected chi connectivity index (χ2v) is 18.7. The molecule has 20 heteroatoms. The number of aromatic hydroxyl groups is 2. The minimum atomic E-state index is -0.664. The van der Waals surface area contributed by atoms with Gasteiger partial charge in [-0.1, -0.05) is 47.5 Å². The Morgan fingerprint density at radius 2 is 0.936 bits per heavy atom. The number of aliphatic hydroxyl groups is 2. The summed E-state index contributed by atoms with van der Waals surface area (Å²) in [7, 11) is 5.15. The van der Waals surface area contributed by atoms with Crippen LogP contribution in [0.5, 0.6) is 23.0 Å². The molecule has 0 radical (unpaired) electrons. The van der Waals surface area contributed by atoms with Crippen LogP contribution >= 0.6 is 23.2 Å². The highest BCUT2D eigenvalue weighted by atomic mass is 35.5. The van der Waals surface area contributed by atoms with E-state index in [1.165, 1.54) is 44.5 Å². The highest BCUT2D eigenvalue weighted by molar-refractivity contribution is 6.31. The van der Waals surface area contributed by atoms with Crippen molar-refractivity contribution in [2.24, 2.45) is 0 Å². The molecule has 406 valence electrons. The zero-order valence-corrected chi connectivity index (χ0v) is 45.2. The smallest absolute Gasteiger partial charge is 0.310 e. The summed E-state index contributed by atoms with van der Waals surface area (Å²) in [5, 5.41) is 42.7. The van der Waals surface area contributed by atoms with E-state index in [0.29, 0.717) is 76.6 Å². The van der Waals surface area contributed by atoms with Gasteiger partial charge in [-0.15, -0.1) is 0 Å². The summed E-state index contributed by atoms with van der Waals surface area (Å²) in [6, 6.07) is 23.2. The largest absolute Gasteiger partial charge is 0.504 e. The van der Waals surface area contributed by atoms with Gasteiger partial charge in [-0.05, 0) is 111 Å². The van der Waals surface area contributed by atoms with E-state index in [4.69, 9.17) is 51.6 Å². The van der Waals surface area contributed by atoms with Crippen molar-refractivity contribution in [3.05, 3.63) is 174 Å². The van der Waals surface area contributed by atoms with Gasteiger partial charge in [0.2, 0.25) is 34.6 Å². The summed E-state index contributed by atoms with van der Waals surface area (Å²) in [5.41, 5.74) is 5.80. The molecular weight excluding hydrogens is 1050 g/mol. The standard InChI is InChI=1S/C29H28ClNO8.C29H26ClNO8/c2*1-15-22(26(35)28(38-4)27(37-3)25(15)34)14-39-24(33)12-21-16(2)31(23-11-17(13-32)5-10-20(21)23)29(36)18-6-8-19(30)9-7-18/h5-11,32,34-35H,12-14H2,1-4H3;5-11,32H,12-14H2,1-4H3. The molecule has 4 N–H and O–H groups in total. The molecule has 0 bridgehead atoms. The number of ether oxygens (including phenoxy) is 6. The van der Waals surface area contributed by atoms with Gasteiger partial charge < -0.3 is 48.8 Å². The first-order chi connectivity index (χ1) is 37.2. The lowest BCUT2D eigenvalue weighted by Gasteiger charge is -2.20. The molecule has 2 heterocycles. The fourth-order valence-corrected chi connectivity index (χ4v) is 9.38. The third-order valence-electron chi connectivity index (χ3n) is 13.4. The highest BCUT2D eigenvalue weighted by Crippen LogP contribution is 2.48. The zero-order valence-electron chi connectivity index (χ0n) is 43.7. The van der Waals surface area contributed by atoms with E-state index in [1.807, 2.05) is 0 Å². The van der Waals surface area contributed by atoms with Gasteiger partial charge in [-0.3, -0.25) is 37.9 Å². The number of Topliss-reactive ketones (excluding diaryl/α,β-unsaturated/α-hetero) is 2. The van der Waals surface area contributed by atoms with E-state index >= 15 is 0 Å². The lowest BCUT2D eigenvalue weighted by Crippen LogP contribution is -2.28. The number of halogens is 2. The predicted octanol–water partition coefficient (Wildman–Crippen LogP) is 8.65. The molecule has 1 aliphatic carbocycles. The number of ketones is 2. The van der Waals surface area contributed by atoms with Crippen LogP contribution in [0.4, 0.5) is 0 Å². The Morgan fingerprint density at radius 1 is 0.526 bits per heavy atom. The van der Waals surface area contributed by atoms with E-state index < -0.39 is 30.1 Å². The molecule has 0 aliphatic heterocycles. The molecule has 0 atom stereocenters. The maximum Gasteiger partial charge on any atom is 0.310 e. The van der Waals surface area contributed by atoms with E-state index in [2.05, 4.69) is 0 Å². The average Bonchev–Trinajstić information content (AvgIpc) is 3.90. The monoisotopic (exact) mass is 1100 g/mol. The normalized spacial score (nSPS) is 12.4. The molecule has 0 saturated heterocycles. The Hall–Kier alpha value is -8.42. The van der Waals surface area contributed by atoms with Crippen LogP contribution in [0, 0.1) is 20.8 Å². The minimum Gasteiger partial charge on any atom is -0.504 e. The summed E-state index contributed by atoms with van der Waals surface area (Å²) >= 11 is 12.0. The molecular formula is C58H54Cl2N2O16. The van der Waals surface area contributed by atoms with Crippen LogP contribution in [-0.4, -0.2) is 99.9 Å². The molecule has 78 heavy (non-hydrogen) atoms.